The predicted molar refractivity (Wildman–Crippen MR) is 64.0 cm³/mol. The van der Waals surface area contributed by atoms with Crippen molar-refractivity contribution < 1.29 is 9.53 Å². The van der Waals surface area contributed by atoms with Crippen LogP contribution in [0.25, 0.3) is 0 Å². The number of hydrogen-bond acceptors (Lipinski definition) is 3. The molecule has 94 valence electrons. The van der Waals surface area contributed by atoms with Crippen molar-refractivity contribution in [2.24, 2.45) is 11.7 Å². The Bertz CT molecular complexity index is 227. The van der Waals surface area contributed by atoms with Crippen LogP contribution in [0, 0.1) is 5.92 Å². The van der Waals surface area contributed by atoms with Crippen LogP contribution in [0.5, 0.6) is 0 Å². The van der Waals surface area contributed by atoms with Crippen molar-refractivity contribution in [3.63, 3.8) is 0 Å². The summed E-state index contributed by atoms with van der Waals surface area (Å²) < 4.78 is 5.03. The van der Waals surface area contributed by atoms with Gasteiger partial charge in [0.1, 0.15) is 0 Å². The van der Waals surface area contributed by atoms with Gasteiger partial charge < -0.3 is 15.4 Å². The van der Waals surface area contributed by atoms with E-state index in [1.165, 1.54) is 0 Å². The number of ether oxygens (including phenoxy) is 1. The number of nitrogens with two attached hydrogens (primary N) is 1. The van der Waals surface area contributed by atoms with Gasteiger partial charge in [-0.3, -0.25) is 4.79 Å². The molecule has 0 radical (unpaired) electrons. The molecule has 1 unspecified atom stereocenters. The van der Waals surface area contributed by atoms with Crippen molar-refractivity contribution in [2.45, 2.75) is 45.2 Å². The molecule has 1 fully saturated rings. The van der Waals surface area contributed by atoms with Crippen LogP contribution >= 0.6 is 0 Å². The van der Waals surface area contributed by atoms with Gasteiger partial charge >= 0.3 is 0 Å². The first-order valence-corrected chi connectivity index (χ1v) is 6.10. The second-order valence-corrected chi connectivity index (χ2v) is 4.92. The third kappa shape index (κ3) is 4.10. The van der Waals surface area contributed by atoms with Gasteiger partial charge in [-0.05, 0) is 18.8 Å². The summed E-state index contributed by atoms with van der Waals surface area (Å²) in [4.78, 5) is 14.0. The minimum Gasteiger partial charge on any atom is -0.383 e. The summed E-state index contributed by atoms with van der Waals surface area (Å²) in [6.07, 6.45) is 2.72. The normalized spacial score (nSPS) is 17.6. The molecule has 2 N–H and O–H groups in total. The highest BCUT2D eigenvalue weighted by molar-refractivity contribution is 5.77. The molecule has 1 saturated carbocycles. The lowest BCUT2D eigenvalue weighted by molar-refractivity contribution is -0.133. The van der Waals surface area contributed by atoms with E-state index in [0.717, 1.165) is 12.8 Å². The minimum absolute atomic E-state index is 0.0312. The van der Waals surface area contributed by atoms with E-state index in [0.29, 0.717) is 31.5 Å². The van der Waals surface area contributed by atoms with Crippen molar-refractivity contribution in [3.05, 3.63) is 0 Å². The molecule has 0 bridgehead atoms. The maximum absolute atomic E-state index is 12.0. The molecule has 1 aliphatic carbocycles. The van der Waals surface area contributed by atoms with Crippen LogP contribution in [0.1, 0.15) is 33.1 Å². The van der Waals surface area contributed by atoms with Gasteiger partial charge in [0, 0.05) is 32.2 Å². The van der Waals surface area contributed by atoms with Crippen LogP contribution in [0.2, 0.25) is 0 Å². The Morgan fingerprint density at radius 3 is 2.56 bits per heavy atom. The van der Waals surface area contributed by atoms with Crippen LogP contribution < -0.4 is 5.73 Å². The van der Waals surface area contributed by atoms with Crippen LogP contribution in [-0.4, -0.2) is 43.2 Å². The lowest BCUT2D eigenvalue weighted by Gasteiger charge is -2.24. The van der Waals surface area contributed by atoms with Gasteiger partial charge in [0.15, 0.2) is 0 Å². The zero-order valence-corrected chi connectivity index (χ0v) is 10.6. The van der Waals surface area contributed by atoms with Crippen LogP contribution in [0.15, 0.2) is 0 Å². The Kier molecular flexibility index (Phi) is 5.22. The van der Waals surface area contributed by atoms with Gasteiger partial charge in [-0.15, -0.1) is 0 Å². The Morgan fingerprint density at radius 1 is 1.50 bits per heavy atom. The van der Waals surface area contributed by atoms with E-state index in [2.05, 4.69) is 13.8 Å². The zero-order valence-electron chi connectivity index (χ0n) is 10.6. The molecule has 0 spiro atoms. The molecule has 0 aromatic heterocycles. The third-order valence-corrected chi connectivity index (χ3v) is 3.11. The topological polar surface area (TPSA) is 55.6 Å². The first-order chi connectivity index (χ1) is 7.56. The fourth-order valence-electron chi connectivity index (χ4n) is 1.64. The Hall–Kier alpha value is -0.610. The summed E-state index contributed by atoms with van der Waals surface area (Å²) in [6, 6.07) is 0.415. The lowest BCUT2D eigenvalue weighted by Crippen LogP contribution is -2.40. The average Bonchev–Trinajstić information content (AvgIpc) is 3.02. The van der Waals surface area contributed by atoms with Gasteiger partial charge in [-0.2, -0.15) is 0 Å². The van der Waals surface area contributed by atoms with E-state index in [4.69, 9.17) is 10.5 Å². The molecule has 16 heavy (non-hydrogen) atoms. The minimum atomic E-state index is -0.0312. The zero-order chi connectivity index (χ0) is 12.1. The molecule has 1 rings (SSSR count). The first kappa shape index (κ1) is 13.5. The Labute approximate surface area is 98.1 Å². The summed E-state index contributed by atoms with van der Waals surface area (Å²) >= 11 is 0. The largest absolute Gasteiger partial charge is 0.383 e. The smallest absolute Gasteiger partial charge is 0.224 e. The second-order valence-electron chi connectivity index (χ2n) is 4.92. The molecule has 0 aromatic carbocycles. The molecular formula is C12H24N2O2. The van der Waals surface area contributed by atoms with Gasteiger partial charge in [0.25, 0.3) is 0 Å². The van der Waals surface area contributed by atoms with E-state index in [-0.39, 0.29) is 11.9 Å². The summed E-state index contributed by atoms with van der Waals surface area (Å²) in [5.74, 6) is 0.535. The van der Waals surface area contributed by atoms with Gasteiger partial charge in [0.2, 0.25) is 5.91 Å². The number of hydrogen-bond donors (Lipinski definition) is 1. The number of carbonyl (C=O) groups is 1. The van der Waals surface area contributed by atoms with Crippen LogP contribution in [0.3, 0.4) is 0 Å². The molecule has 1 amide bonds. The highest BCUT2D eigenvalue weighted by Crippen LogP contribution is 2.27. The molecule has 1 aliphatic rings. The summed E-state index contributed by atoms with van der Waals surface area (Å²) in [7, 11) is 1.66. The molecule has 0 aromatic rings. The van der Waals surface area contributed by atoms with Gasteiger partial charge in [0.05, 0.1) is 6.61 Å². The number of nitrogens with zero attached hydrogens (tertiary/aromatic N) is 1. The summed E-state index contributed by atoms with van der Waals surface area (Å²) in [6.45, 7) is 5.41. The van der Waals surface area contributed by atoms with Crippen molar-refractivity contribution in [1.82, 2.24) is 4.90 Å². The summed E-state index contributed by atoms with van der Waals surface area (Å²) in [5, 5.41) is 0. The molecular weight excluding hydrogens is 204 g/mol. The number of carbonyl (C=O) groups excluding carboxylic acids is 1. The standard InChI is InChI=1S/C12H24N2O2/c1-9(2)11(13)8-12(15)14(6-7-16-3)10-4-5-10/h9-11H,4-8,13H2,1-3H3. The number of methoxy groups -OCH3 is 1. The first-order valence-electron chi connectivity index (χ1n) is 6.10. The average molecular weight is 228 g/mol. The maximum Gasteiger partial charge on any atom is 0.224 e. The van der Waals surface area contributed by atoms with E-state index < -0.39 is 0 Å². The van der Waals surface area contributed by atoms with E-state index in [1.54, 1.807) is 7.11 Å². The van der Waals surface area contributed by atoms with E-state index >= 15 is 0 Å². The lowest BCUT2D eigenvalue weighted by atomic mass is 10.0. The fourth-order valence-corrected chi connectivity index (χ4v) is 1.64. The molecule has 1 atom stereocenters. The fraction of sp³-hybridized carbons (Fsp3) is 0.917. The van der Waals surface area contributed by atoms with Crippen LogP contribution in [-0.2, 0) is 9.53 Å². The quantitative estimate of drug-likeness (QED) is 0.707. The molecule has 0 heterocycles. The number of amides is 1. The second kappa shape index (κ2) is 6.21. The van der Waals surface area contributed by atoms with Crippen LogP contribution in [0.4, 0.5) is 0 Å². The molecule has 0 saturated heterocycles. The maximum atomic E-state index is 12.0. The monoisotopic (exact) mass is 228 g/mol. The Balaban J connectivity index is 2.40. The van der Waals surface area contributed by atoms with Crippen molar-refractivity contribution in [2.75, 3.05) is 20.3 Å². The van der Waals surface area contributed by atoms with Gasteiger partial charge in [-0.1, -0.05) is 13.8 Å². The third-order valence-electron chi connectivity index (χ3n) is 3.11. The predicted octanol–water partition coefficient (Wildman–Crippen LogP) is 0.997. The van der Waals surface area contributed by atoms with E-state index in [1.807, 2.05) is 4.90 Å². The van der Waals surface area contributed by atoms with Gasteiger partial charge in [-0.25, -0.2) is 0 Å². The summed E-state index contributed by atoms with van der Waals surface area (Å²) in [5.41, 5.74) is 5.93. The molecule has 0 aliphatic heterocycles. The van der Waals surface area contributed by atoms with Crippen molar-refractivity contribution in [3.8, 4) is 0 Å². The van der Waals surface area contributed by atoms with Crippen molar-refractivity contribution in [1.29, 1.82) is 0 Å². The van der Waals surface area contributed by atoms with Crippen molar-refractivity contribution >= 4 is 5.91 Å². The van der Waals surface area contributed by atoms with E-state index in [9.17, 15) is 4.79 Å². The molecule has 4 heteroatoms. The molecule has 4 nitrogen and oxygen atoms in total. The highest BCUT2D eigenvalue weighted by atomic mass is 16.5. The SMILES string of the molecule is COCCN(C(=O)CC(N)C(C)C)C1CC1. The Morgan fingerprint density at radius 2 is 2.12 bits per heavy atom. The highest BCUT2D eigenvalue weighted by Gasteiger charge is 2.32. The number of rotatable bonds is 7.